The standard InChI is InChI=1S/2C6H15P.Au.BrH/c2*1-4-7(5-2)6-3;;/h2*4-6H2,1-3H3;;1H/q;;-1;/p+1. The third kappa shape index (κ3) is 5.38. The summed E-state index contributed by atoms with van der Waals surface area (Å²) in [5, 5.41) is -1.51. The molecule has 0 saturated carbocycles. The predicted octanol–water partition coefficient (Wildman–Crippen LogP) is 1.52. The predicted molar refractivity (Wildman–Crippen MR) is 79.9 cm³/mol. The summed E-state index contributed by atoms with van der Waals surface area (Å²) < 4.78 is 0. The summed E-state index contributed by atoms with van der Waals surface area (Å²) in [4.78, 5) is 0. The Morgan fingerprint density at radius 3 is 0.875 bits per heavy atom. The maximum atomic E-state index is 2.48. The molecule has 0 spiro atoms. The molecule has 16 heavy (non-hydrogen) atoms. The number of hydrogen-bond donors (Lipinski definition) is 0. The Balaban J connectivity index is 0. The molecule has 0 aliphatic heterocycles. The van der Waals surface area contributed by atoms with Gasteiger partial charge in [0.15, 0.2) is 0 Å². The van der Waals surface area contributed by atoms with E-state index in [1.54, 1.807) is 37.0 Å². The van der Waals surface area contributed by atoms with Crippen LogP contribution in [0.3, 0.4) is 0 Å². The first-order valence-electron chi connectivity index (χ1n) is 6.67. The molecule has 0 radical (unpaired) electrons. The van der Waals surface area contributed by atoms with Gasteiger partial charge in [0.1, 0.15) is 0 Å². The van der Waals surface area contributed by atoms with E-state index >= 15 is 0 Å². The number of halogens is 1. The molecule has 0 unspecified atom stereocenters. The zero-order valence-corrected chi connectivity index (χ0v) is 17.7. The Bertz CT molecular complexity index is 134. The first kappa shape index (κ1) is 20.4. The Morgan fingerprint density at radius 2 is 0.750 bits per heavy atom. The first-order chi connectivity index (χ1) is 7.07. The van der Waals surface area contributed by atoms with E-state index in [0.29, 0.717) is 0 Å². The molecule has 0 aliphatic carbocycles. The van der Waals surface area contributed by atoms with Crippen molar-refractivity contribution in [1.29, 1.82) is 0 Å². The molecular formula is C12H32AuBrP2. The molecule has 0 bridgehead atoms. The molecule has 0 aromatic rings. The Morgan fingerprint density at radius 1 is 0.562 bits per heavy atom. The van der Waals surface area contributed by atoms with Crippen molar-refractivity contribution in [2.75, 3.05) is 37.0 Å². The van der Waals surface area contributed by atoms with Crippen LogP contribution in [0.2, 0.25) is 0 Å². The topological polar surface area (TPSA) is 0 Å². The summed E-state index contributed by atoms with van der Waals surface area (Å²) in [5.41, 5.74) is 0. The second-order valence-corrected chi connectivity index (χ2v) is 32.1. The van der Waals surface area contributed by atoms with Crippen molar-refractivity contribution < 1.29 is 35.7 Å². The SMILES string of the molecule is CC[PH](CC)(CC)[Au+][PH](CC)(CC)CC.[Br-]. The molecule has 0 aromatic heterocycles. The van der Waals surface area contributed by atoms with Crippen LogP contribution in [0.25, 0.3) is 0 Å². The van der Waals surface area contributed by atoms with Crippen LogP contribution in [-0.2, 0) is 18.7 Å². The van der Waals surface area contributed by atoms with E-state index in [2.05, 4.69) is 41.5 Å². The fourth-order valence-electron chi connectivity index (χ4n) is 2.16. The van der Waals surface area contributed by atoms with Crippen LogP contribution >= 0.6 is 10.3 Å². The van der Waals surface area contributed by atoms with Gasteiger partial charge in [-0.15, -0.1) is 0 Å². The molecule has 108 valence electrons. The van der Waals surface area contributed by atoms with E-state index in [-0.39, 0.29) is 17.0 Å². The zero-order valence-electron chi connectivity index (χ0n) is 11.9. The third-order valence-electron chi connectivity index (χ3n) is 3.96. The molecule has 0 aromatic carbocycles. The first-order valence-corrected chi connectivity index (χ1v) is 18.0. The number of rotatable bonds is 8. The molecule has 0 saturated heterocycles. The quantitative estimate of drug-likeness (QED) is 0.340. The van der Waals surface area contributed by atoms with Gasteiger partial charge in [-0.2, -0.15) is 0 Å². The normalized spacial score (nSPS) is 14.6. The average Bonchev–Trinajstić information content (AvgIpc) is 2.33. The van der Waals surface area contributed by atoms with Crippen LogP contribution < -0.4 is 17.0 Å². The summed E-state index contributed by atoms with van der Waals surface area (Å²) in [6.07, 6.45) is 9.39. The van der Waals surface area contributed by atoms with Crippen molar-refractivity contribution in [2.45, 2.75) is 41.5 Å². The molecule has 0 atom stereocenters. The molecule has 0 heterocycles. The molecule has 0 fully saturated rings. The van der Waals surface area contributed by atoms with Gasteiger partial charge in [0.2, 0.25) is 0 Å². The third-order valence-corrected chi connectivity index (χ3v) is 48.3. The van der Waals surface area contributed by atoms with Gasteiger partial charge < -0.3 is 17.0 Å². The fraction of sp³-hybridized carbons (Fsp3) is 1.00. The van der Waals surface area contributed by atoms with Crippen LogP contribution in [0.5, 0.6) is 0 Å². The molecule has 0 rings (SSSR count). The van der Waals surface area contributed by atoms with Crippen molar-refractivity contribution >= 4 is 10.3 Å². The molecule has 0 aliphatic rings. The average molecular weight is 515 g/mol. The minimum atomic E-state index is -0.757. The van der Waals surface area contributed by atoms with Gasteiger partial charge in [-0.1, -0.05) is 0 Å². The van der Waals surface area contributed by atoms with Crippen LogP contribution in [0.1, 0.15) is 41.5 Å². The molecule has 0 nitrogen and oxygen atoms in total. The molecular weight excluding hydrogens is 483 g/mol. The van der Waals surface area contributed by atoms with Crippen molar-refractivity contribution in [2.24, 2.45) is 0 Å². The molecule has 4 heteroatoms. The smallest absolute Gasteiger partial charge is 1.00 e. The van der Waals surface area contributed by atoms with Crippen molar-refractivity contribution in [1.82, 2.24) is 0 Å². The Hall–Kier alpha value is 2.08. The van der Waals surface area contributed by atoms with Gasteiger partial charge in [-0.05, 0) is 0 Å². The van der Waals surface area contributed by atoms with Crippen molar-refractivity contribution in [3.63, 3.8) is 0 Å². The maximum absolute atomic E-state index is 2.48. The van der Waals surface area contributed by atoms with E-state index in [1.165, 1.54) is 0 Å². The van der Waals surface area contributed by atoms with E-state index < -0.39 is 10.3 Å². The fourth-order valence-corrected chi connectivity index (χ4v) is 53.0. The molecule has 0 amide bonds. The van der Waals surface area contributed by atoms with Gasteiger partial charge in [0, 0.05) is 0 Å². The summed E-state index contributed by atoms with van der Waals surface area (Å²) >= 11 is 0.727. The van der Waals surface area contributed by atoms with Crippen LogP contribution in [0.15, 0.2) is 0 Å². The Labute approximate surface area is 124 Å². The van der Waals surface area contributed by atoms with Crippen LogP contribution in [-0.4, -0.2) is 37.0 Å². The van der Waals surface area contributed by atoms with E-state index in [9.17, 15) is 0 Å². The summed E-state index contributed by atoms with van der Waals surface area (Å²) in [7, 11) is 0. The van der Waals surface area contributed by atoms with E-state index in [4.69, 9.17) is 0 Å². The summed E-state index contributed by atoms with van der Waals surface area (Å²) in [5.74, 6) is 0. The Kier molecular flexibility index (Phi) is 12.7. The largest absolute Gasteiger partial charge is 1.00 e. The van der Waals surface area contributed by atoms with Gasteiger partial charge in [0.25, 0.3) is 0 Å². The maximum Gasteiger partial charge on any atom is -1.00 e. The van der Waals surface area contributed by atoms with Gasteiger partial charge in [0.05, 0.1) is 0 Å². The zero-order chi connectivity index (χ0) is 11.9. The van der Waals surface area contributed by atoms with Crippen molar-refractivity contribution in [3.8, 4) is 0 Å². The van der Waals surface area contributed by atoms with Gasteiger partial charge in [-0.25, -0.2) is 0 Å². The van der Waals surface area contributed by atoms with Crippen molar-refractivity contribution in [3.05, 3.63) is 0 Å². The monoisotopic (exact) mass is 514 g/mol. The van der Waals surface area contributed by atoms with Crippen LogP contribution in [0, 0.1) is 0 Å². The van der Waals surface area contributed by atoms with E-state index in [0.717, 1.165) is 18.7 Å². The second kappa shape index (κ2) is 9.94. The molecule has 0 N–H and O–H groups in total. The second-order valence-electron chi connectivity index (χ2n) is 4.34. The van der Waals surface area contributed by atoms with Gasteiger partial charge in [-0.3, -0.25) is 0 Å². The van der Waals surface area contributed by atoms with Gasteiger partial charge >= 0.3 is 108 Å². The summed E-state index contributed by atoms with van der Waals surface area (Å²) in [6.45, 7) is 14.9. The summed E-state index contributed by atoms with van der Waals surface area (Å²) in [6, 6.07) is 0. The van der Waals surface area contributed by atoms with E-state index in [1.807, 2.05) is 0 Å². The van der Waals surface area contributed by atoms with Crippen LogP contribution in [0.4, 0.5) is 0 Å². The minimum Gasteiger partial charge on any atom is -1.00 e. The number of hydrogen-bond acceptors (Lipinski definition) is 0. The minimum absolute atomic E-state index is 0.